The highest BCUT2D eigenvalue weighted by Crippen LogP contribution is 2.39. The lowest BCUT2D eigenvalue weighted by molar-refractivity contribution is -0.0377. The minimum absolute atomic E-state index is 0.0664. The minimum atomic E-state index is -3.63. The number of hydrogen-bond acceptors (Lipinski definition) is 12. The van der Waals surface area contributed by atoms with Gasteiger partial charge in [-0.15, -0.1) is 0 Å². The van der Waals surface area contributed by atoms with Crippen LogP contribution in [-0.2, 0) is 30.5 Å². The maximum Gasteiger partial charge on any atom is 0.321 e. The summed E-state index contributed by atoms with van der Waals surface area (Å²) < 4.78 is 25.6. The number of H-pyrrole nitrogens is 1. The maximum atomic E-state index is 11.7. The number of hydrogen-bond donors (Lipinski definition) is 5. The van der Waals surface area contributed by atoms with Crippen LogP contribution in [0.1, 0.15) is 45.1 Å². The molecule has 0 spiro atoms. The second-order valence-electron chi connectivity index (χ2n) is 9.52. The van der Waals surface area contributed by atoms with Gasteiger partial charge in [-0.25, -0.2) is 15.0 Å². The van der Waals surface area contributed by atoms with Crippen molar-refractivity contribution in [3.63, 3.8) is 0 Å². The van der Waals surface area contributed by atoms with Crippen molar-refractivity contribution < 1.29 is 28.5 Å². The number of nitrogen functional groups attached to an aromatic ring is 2. The van der Waals surface area contributed by atoms with Crippen LogP contribution in [0.15, 0.2) is 29.7 Å². The van der Waals surface area contributed by atoms with Crippen molar-refractivity contribution in [2.75, 3.05) is 31.3 Å². The third-order valence-electron chi connectivity index (χ3n) is 6.72. The van der Waals surface area contributed by atoms with E-state index in [-0.39, 0.29) is 48.3 Å². The molecule has 0 aromatic carbocycles. The number of nitrogens with one attached hydrogen (secondary N) is 1. The molecule has 0 bridgehead atoms. The Morgan fingerprint density at radius 3 is 2.49 bits per heavy atom. The van der Waals surface area contributed by atoms with E-state index in [4.69, 9.17) is 40.0 Å². The predicted molar refractivity (Wildman–Crippen MR) is 152 cm³/mol. The van der Waals surface area contributed by atoms with E-state index in [1.165, 1.54) is 6.33 Å². The van der Waals surface area contributed by atoms with E-state index in [1.807, 2.05) is 23.8 Å². The van der Waals surface area contributed by atoms with E-state index in [9.17, 15) is 4.79 Å². The molecule has 0 radical (unpaired) electrons. The molecular formula is C23H32N9O7PS. The zero-order valence-electron chi connectivity index (χ0n) is 22.2. The Hall–Kier alpha value is -3.02. The van der Waals surface area contributed by atoms with E-state index in [2.05, 4.69) is 36.7 Å². The quantitative estimate of drug-likeness (QED) is 0.178. The molecule has 4 unspecified atom stereocenters. The molecule has 4 aromatic rings. The van der Waals surface area contributed by atoms with Crippen molar-refractivity contribution >= 4 is 52.5 Å². The highest BCUT2D eigenvalue weighted by molar-refractivity contribution is 8.06. The molecule has 16 nitrogen and oxygen atoms in total. The summed E-state index contributed by atoms with van der Waals surface area (Å²) in [5, 5.41) is 0.780. The van der Waals surface area contributed by atoms with Crippen molar-refractivity contribution in [3.8, 4) is 0 Å². The molecule has 4 aromatic heterocycles. The van der Waals surface area contributed by atoms with Crippen molar-refractivity contribution in [1.29, 1.82) is 0 Å². The van der Waals surface area contributed by atoms with E-state index >= 15 is 0 Å². The van der Waals surface area contributed by atoms with Crippen LogP contribution in [0, 0.1) is 0 Å². The lowest BCUT2D eigenvalue weighted by Gasteiger charge is -2.17. The Morgan fingerprint density at radius 1 is 1.07 bits per heavy atom. The van der Waals surface area contributed by atoms with E-state index < -0.39 is 6.72 Å². The zero-order chi connectivity index (χ0) is 29.1. The number of aromatic amines is 1. The fraction of sp³-hybridized carbons (Fsp3) is 0.522. The smallest absolute Gasteiger partial charge is 0.321 e. The number of ether oxygens (including phenoxy) is 3. The molecule has 41 heavy (non-hydrogen) atoms. The summed E-state index contributed by atoms with van der Waals surface area (Å²) in [6, 6.07) is 1.85. The van der Waals surface area contributed by atoms with Gasteiger partial charge in [0.2, 0.25) is 5.95 Å². The third kappa shape index (κ3) is 6.90. The first kappa shape index (κ1) is 29.5. The van der Waals surface area contributed by atoms with Gasteiger partial charge in [-0.3, -0.25) is 14.3 Å². The monoisotopic (exact) mass is 609 g/mol. The SMILES string of the molecule is CCOCC1CCC(n2cnc3c(=O)[nH]c(N)nc32)O1.Nc1ncnc2c1ccn2C1CCC(COP(O)(O)=S)O1. The van der Waals surface area contributed by atoms with Gasteiger partial charge in [0.1, 0.15) is 30.2 Å². The van der Waals surface area contributed by atoms with Crippen molar-refractivity contribution in [2.45, 2.75) is 57.3 Å². The molecule has 18 heteroatoms. The lowest BCUT2D eigenvalue weighted by atomic mass is 10.2. The summed E-state index contributed by atoms with van der Waals surface area (Å²) in [4.78, 5) is 48.7. The normalized spacial score (nSPS) is 22.8. The number of rotatable bonds is 8. The Labute approximate surface area is 238 Å². The van der Waals surface area contributed by atoms with Crippen LogP contribution in [0.25, 0.3) is 22.2 Å². The summed E-state index contributed by atoms with van der Waals surface area (Å²) in [6.45, 7) is -0.363. The molecule has 2 saturated heterocycles. The Bertz CT molecular complexity index is 1610. The first-order chi connectivity index (χ1) is 19.6. The number of fused-ring (bicyclic) bond motifs is 2. The van der Waals surface area contributed by atoms with Gasteiger partial charge in [0.05, 0.1) is 37.1 Å². The van der Waals surface area contributed by atoms with Crippen LogP contribution in [0.5, 0.6) is 0 Å². The van der Waals surface area contributed by atoms with Gasteiger partial charge < -0.3 is 44.6 Å². The second-order valence-corrected chi connectivity index (χ2v) is 12.2. The fourth-order valence-electron chi connectivity index (χ4n) is 4.83. The highest BCUT2D eigenvalue weighted by Gasteiger charge is 2.30. The summed E-state index contributed by atoms with van der Waals surface area (Å²) in [6.07, 6.45) is 7.54. The van der Waals surface area contributed by atoms with Gasteiger partial charge in [0.25, 0.3) is 5.56 Å². The molecule has 2 aliphatic rings. The van der Waals surface area contributed by atoms with Gasteiger partial charge in [-0.2, -0.15) is 4.98 Å². The van der Waals surface area contributed by atoms with Gasteiger partial charge in [0.15, 0.2) is 11.2 Å². The third-order valence-corrected chi connectivity index (χ3v) is 7.52. The molecule has 7 N–H and O–H groups in total. The van der Waals surface area contributed by atoms with E-state index in [1.54, 1.807) is 10.9 Å². The summed E-state index contributed by atoms with van der Waals surface area (Å²) in [7, 11) is 0. The van der Waals surface area contributed by atoms with Crippen LogP contribution >= 0.6 is 6.72 Å². The molecule has 0 saturated carbocycles. The summed E-state index contributed by atoms with van der Waals surface area (Å²) >= 11 is 4.41. The second kappa shape index (κ2) is 12.5. The van der Waals surface area contributed by atoms with Gasteiger partial charge in [-0.1, -0.05) is 0 Å². The Kier molecular flexibility index (Phi) is 8.96. The molecule has 0 amide bonds. The van der Waals surface area contributed by atoms with Crippen LogP contribution in [0.2, 0.25) is 0 Å². The van der Waals surface area contributed by atoms with Gasteiger partial charge >= 0.3 is 6.72 Å². The number of aromatic nitrogens is 7. The molecule has 6 rings (SSSR count). The summed E-state index contributed by atoms with van der Waals surface area (Å²) in [5.74, 6) is 0.506. The maximum absolute atomic E-state index is 11.7. The van der Waals surface area contributed by atoms with Crippen LogP contribution in [-0.4, -0.2) is 75.9 Å². The van der Waals surface area contributed by atoms with Crippen LogP contribution < -0.4 is 17.0 Å². The largest absolute Gasteiger partial charge is 0.383 e. The Balaban J connectivity index is 0.000000165. The molecule has 0 aliphatic carbocycles. The van der Waals surface area contributed by atoms with Crippen LogP contribution in [0.4, 0.5) is 11.8 Å². The fourth-order valence-corrected chi connectivity index (χ4v) is 5.38. The molecule has 2 fully saturated rings. The van der Waals surface area contributed by atoms with E-state index in [0.29, 0.717) is 30.3 Å². The minimum Gasteiger partial charge on any atom is -0.383 e. The van der Waals surface area contributed by atoms with Crippen molar-refractivity contribution in [3.05, 3.63) is 35.3 Å². The number of nitrogens with zero attached hydrogens (tertiary/aromatic N) is 6. The predicted octanol–water partition coefficient (Wildman–Crippen LogP) is 1.33. The average Bonchev–Trinajstić information content (AvgIpc) is 3.72. The molecule has 6 heterocycles. The van der Waals surface area contributed by atoms with Gasteiger partial charge in [0, 0.05) is 12.8 Å². The molecule has 222 valence electrons. The number of imidazole rings is 1. The molecular weight excluding hydrogens is 577 g/mol. The standard InChI is InChI=1S/C12H17N5O3.C11H15N4O4PS/c1-2-19-5-7-3-4-8(20-7)17-6-14-9-10(17)15-12(13)16-11(9)18;12-10-8-3-4-15(11(8)14-6-13-10)9-2-1-7(19-9)5-18-20(16,17)21/h6-8H,2-5H2,1H3,(H3,13,15,16,18);3-4,6-7,9H,1-2,5H2,(H2,12,13,14)(H2,16,17,21). The van der Waals surface area contributed by atoms with Crippen molar-refractivity contribution in [1.82, 2.24) is 34.1 Å². The first-order valence-electron chi connectivity index (χ1n) is 13.0. The molecule has 2 aliphatic heterocycles. The van der Waals surface area contributed by atoms with Crippen LogP contribution in [0.3, 0.4) is 0 Å². The Morgan fingerprint density at radius 2 is 1.78 bits per heavy atom. The molecule has 4 atom stereocenters. The first-order valence-corrected chi connectivity index (χ1v) is 15.6. The lowest BCUT2D eigenvalue weighted by Crippen LogP contribution is -2.17. The van der Waals surface area contributed by atoms with E-state index in [0.717, 1.165) is 31.1 Å². The van der Waals surface area contributed by atoms with Gasteiger partial charge in [-0.05, 0) is 50.5 Å². The number of anilines is 2. The topological polar surface area (TPSA) is 224 Å². The zero-order valence-corrected chi connectivity index (χ0v) is 23.9. The number of nitrogens with two attached hydrogens (primary N) is 2. The summed E-state index contributed by atoms with van der Waals surface area (Å²) in [5.41, 5.74) is 12.5. The average molecular weight is 610 g/mol. The van der Waals surface area contributed by atoms with Crippen molar-refractivity contribution in [2.24, 2.45) is 0 Å². The highest BCUT2D eigenvalue weighted by atomic mass is 32.5.